The van der Waals surface area contributed by atoms with Crippen LogP contribution in [0.3, 0.4) is 0 Å². The third-order valence-corrected chi connectivity index (χ3v) is 2.55. The summed E-state index contributed by atoms with van der Waals surface area (Å²) in [5.74, 6) is -1.93. The van der Waals surface area contributed by atoms with E-state index < -0.39 is 17.7 Å². The highest BCUT2D eigenvalue weighted by atomic mass is 19.4. The molecule has 1 amide bonds. The molecule has 0 aromatic heterocycles. The Balaban J connectivity index is 4.29. The molecule has 0 unspecified atom stereocenters. The zero-order valence-corrected chi connectivity index (χ0v) is 9.07. The van der Waals surface area contributed by atoms with E-state index in [4.69, 9.17) is 4.74 Å². The number of amides is 1. The highest BCUT2D eigenvalue weighted by molar-refractivity contribution is 5.81. The minimum atomic E-state index is -4.83. The van der Waals surface area contributed by atoms with Crippen molar-refractivity contribution >= 4 is 5.91 Å². The summed E-state index contributed by atoms with van der Waals surface area (Å²) in [5.41, 5.74) is -0.707. The van der Waals surface area contributed by atoms with Gasteiger partial charge in [0.2, 0.25) is 0 Å². The summed E-state index contributed by atoms with van der Waals surface area (Å²) in [6, 6.07) is 0. The van der Waals surface area contributed by atoms with E-state index in [1.807, 2.05) is 5.32 Å². The van der Waals surface area contributed by atoms with Gasteiger partial charge in [-0.25, -0.2) is 0 Å². The Labute approximate surface area is 87.0 Å². The van der Waals surface area contributed by atoms with Gasteiger partial charge in [-0.2, -0.15) is 13.2 Å². The lowest BCUT2D eigenvalue weighted by atomic mass is 9.97. The maximum absolute atomic E-state index is 11.9. The quantitative estimate of drug-likeness (QED) is 0.778. The topological polar surface area (TPSA) is 38.3 Å². The molecule has 0 bridgehead atoms. The van der Waals surface area contributed by atoms with Crippen molar-refractivity contribution in [3.8, 4) is 0 Å². The Kier molecular flexibility index (Phi) is 5.07. The predicted octanol–water partition coefficient (Wildman–Crippen LogP) is 1.87. The number of methoxy groups -OCH3 is 1. The first-order valence-corrected chi connectivity index (χ1v) is 4.71. The summed E-state index contributed by atoms with van der Waals surface area (Å²) in [7, 11) is 1.42. The van der Waals surface area contributed by atoms with Gasteiger partial charge in [-0.1, -0.05) is 13.8 Å². The number of hydrogen-bond acceptors (Lipinski definition) is 2. The Morgan fingerprint density at radius 3 is 2.00 bits per heavy atom. The fourth-order valence-electron chi connectivity index (χ4n) is 1.20. The number of halogens is 3. The van der Waals surface area contributed by atoms with E-state index in [1.54, 1.807) is 13.8 Å². The summed E-state index contributed by atoms with van der Waals surface area (Å²) in [5, 5.41) is 1.83. The van der Waals surface area contributed by atoms with Crippen LogP contribution in [0.2, 0.25) is 0 Å². The lowest BCUT2D eigenvalue weighted by molar-refractivity contribution is -0.174. The molecule has 15 heavy (non-hydrogen) atoms. The number of hydrogen-bond donors (Lipinski definition) is 1. The van der Waals surface area contributed by atoms with Crippen molar-refractivity contribution in [1.29, 1.82) is 0 Å². The molecule has 0 aliphatic heterocycles. The summed E-state index contributed by atoms with van der Waals surface area (Å²) in [6.07, 6.45) is -3.75. The van der Waals surface area contributed by atoms with Crippen molar-refractivity contribution in [2.75, 3.05) is 13.7 Å². The lowest BCUT2D eigenvalue weighted by Crippen LogP contribution is -2.47. The normalized spacial score (nSPS) is 12.7. The zero-order chi connectivity index (χ0) is 12.1. The van der Waals surface area contributed by atoms with Gasteiger partial charge in [-0.05, 0) is 12.8 Å². The molecule has 0 aliphatic rings. The second-order valence-electron chi connectivity index (χ2n) is 3.27. The zero-order valence-electron chi connectivity index (χ0n) is 9.07. The van der Waals surface area contributed by atoms with Crippen LogP contribution in [0.1, 0.15) is 26.7 Å². The number of alkyl halides is 3. The first kappa shape index (κ1) is 14.2. The molecule has 0 saturated heterocycles. The van der Waals surface area contributed by atoms with Crippen molar-refractivity contribution in [2.24, 2.45) is 0 Å². The van der Waals surface area contributed by atoms with E-state index in [9.17, 15) is 18.0 Å². The largest absolute Gasteiger partial charge is 0.471 e. The van der Waals surface area contributed by atoms with Crippen molar-refractivity contribution in [3.05, 3.63) is 0 Å². The molecule has 0 aromatic carbocycles. The van der Waals surface area contributed by atoms with Crippen LogP contribution in [0, 0.1) is 0 Å². The summed E-state index contributed by atoms with van der Waals surface area (Å²) in [4.78, 5) is 10.6. The van der Waals surface area contributed by atoms with E-state index in [2.05, 4.69) is 0 Å². The van der Waals surface area contributed by atoms with Crippen LogP contribution >= 0.6 is 0 Å². The molecule has 6 heteroatoms. The molecular weight excluding hydrogens is 211 g/mol. The number of carbonyl (C=O) groups excluding carboxylic acids is 1. The second-order valence-corrected chi connectivity index (χ2v) is 3.27. The highest BCUT2D eigenvalue weighted by Crippen LogP contribution is 2.20. The average Bonchev–Trinajstić information content (AvgIpc) is 2.19. The first-order valence-electron chi connectivity index (χ1n) is 4.71. The van der Waals surface area contributed by atoms with Gasteiger partial charge >= 0.3 is 12.1 Å². The number of ether oxygens (including phenoxy) is 1. The summed E-state index contributed by atoms with van der Waals surface area (Å²) in [6.45, 7) is 3.47. The standard InChI is InChI=1S/C9H16F3NO2/c1-4-8(5-2,15-3)6-13-7(14)9(10,11)12/h4-6H2,1-3H3,(H,13,14). The predicted molar refractivity (Wildman–Crippen MR) is 49.4 cm³/mol. The number of nitrogens with one attached hydrogen (secondary N) is 1. The Bertz CT molecular complexity index is 204. The molecule has 0 aromatic rings. The lowest BCUT2D eigenvalue weighted by Gasteiger charge is -2.30. The van der Waals surface area contributed by atoms with Crippen LogP contribution in [-0.2, 0) is 9.53 Å². The Morgan fingerprint density at radius 2 is 1.73 bits per heavy atom. The fraction of sp³-hybridized carbons (Fsp3) is 0.889. The first-order chi connectivity index (χ1) is 6.81. The van der Waals surface area contributed by atoms with E-state index in [0.29, 0.717) is 12.8 Å². The molecule has 1 N–H and O–H groups in total. The highest BCUT2D eigenvalue weighted by Gasteiger charge is 2.39. The molecule has 0 radical (unpaired) electrons. The van der Waals surface area contributed by atoms with Crippen LogP contribution in [0.15, 0.2) is 0 Å². The van der Waals surface area contributed by atoms with Crippen LogP contribution in [0.25, 0.3) is 0 Å². The Hall–Kier alpha value is -0.780. The minimum absolute atomic E-state index is 0.130. The van der Waals surface area contributed by atoms with Crippen LogP contribution in [-0.4, -0.2) is 31.3 Å². The molecule has 0 rings (SSSR count). The fourth-order valence-corrected chi connectivity index (χ4v) is 1.20. The SMILES string of the molecule is CCC(CC)(CNC(=O)C(F)(F)F)OC. The molecule has 0 saturated carbocycles. The Morgan fingerprint density at radius 1 is 1.27 bits per heavy atom. The third kappa shape index (κ3) is 4.07. The van der Waals surface area contributed by atoms with Crippen molar-refractivity contribution < 1.29 is 22.7 Å². The molecule has 3 nitrogen and oxygen atoms in total. The van der Waals surface area contributed by atoms with E-state index >= 15 is 0 Å². The second kappa shape index (κ2) is 5.34. The smallest absolute Gasteiger partial charge is 0.376 e. The van der Waals surface area contributed by atoms with Gasteiger partial charge in [0.05, 0.1) is 5.60 Å². The molecule has 0 spiro atoms. The van der Waals surface area contributed by atoms with Gasteiger partial charge in [-0.3, -0.25) is 4.79 Å². The van der Waals surface area contributed by atoms with Crippen LogP contribution in [0.4, 0.5) is 13.2 Å². The third-order valence-electron chi connectivity index (χ3n) is 2.55. The molecular formula is C9H16F3NO2. The summed E-state index contributed by atoms with van der Waals surface area (Å²) < 4.78 is 40.8. The maximum atomic E-state index is 11.9. The van der Waals surface area contributed by atoms with Gasteiger partial charge in [-0.15, -0.1) is 0 Å². The van der Waals surface area contributed by atoms with Crippen molar-refractivity contribution in [3.63, 3.8) is 0 Å². The number of carbonyl (C=O) groups is 1. The maximum Gasteiger partial charge on any atom is 0.471 e. The molecule has 0 heterocycles. The molecule has 0 aliphatic carbocycles. The average molecular weight is 227 g/mol. The van der Waals surface area contributed by atoms with Gasteiger partial charge in [0.25, 0.3) is 0 Å². The van der Waals surface area contributed by atoms with Crippen LogP contribution < -0.4 is 5.32 Å². The van der Waals surface area contributed by atoms with Crippen molar-refractivity contribution in [2.45, 2.75) is 38.5 Å². The van der Waals surface area contributed by atoms with Gasteiger partial charge in [0.1, 0.15) is 0 Å². The van der Waals surface area contributed by atoms with E-state index in [1.165, 1.54) is 7.11 Å². The number of rotatable bonds is 5. The monoisotopic (exact) mass is 227 g/mol. The van der Waals surface area contributed by atoms with Gasteiger partial charge in [0, 0.05) is 13.7 Å². The molecule has 90 valence electrons. The minimum Gasteiger partial charge on any atom is -0.376 e. The molecule has 0 fully saturated rings. The molecule has 0 atom stereocenters. The summed E-state index contributed by atoms with van der Waals surface area (Å²) >= 11 is 0. The van der Waals surface area contributed by atoms with E-state index in [-0.39, 0.29) is 6.54 Å². The van der Waals surface area contributed by atoms with Crippen molar-refractivity contribution in [1.82, 2.24) is 5.32 Å². The van der Waals surface area contributed by atoms with Crippen LogP contribution in [0.5, 0.6) is 0 Å². The van der Waals surface area contributed by atoms with Gasteiger partial charge in [0.15, 0.2) is 0 Å². The van der Waals surface area contributed by atoms with Gasteiger partial charge < -0.3 is 10.1 Å². The van der Waals surface area contributed by atoms with E-state index in [0.717, 1.165) is 0 Å².